The fraction of sp³-hybridized carbons (Fsp3) is 0.176. The molecular formula is C17H16FN3OS. The molecule has 0 spiro atoms. The lowest BCUT2D eigenvalue weighted by molar-refractivity contribution is 0.251. The lowest BCUT2D eigenvalue weighted by Crippen LogP contribution is -2.32. The van der Waals surface area contributed by atoms with Crippen LogP contribution in [0.1, 0.15) is 17.8 Å². The molecule has 2 aromatic carbocycles. The second kappa shape index (κ2) is 6.75. The molecule has 0 aliphatic rings. The highest BCUT2D eigenvalue weighted by Crippen LogP contribution is 2.26. The zero-order valence-corrected chi connectivity index (χ0v) is 13.4. The van der Waals surface area contributed by atoms with Crippen LogP contribution in [-0.2, 0) is 0 Å². The first-order valence-electron chi connectivity index (χ1n) is 7.28. The van der Waals surface area contributed by atoms with Gasteiger partial charge in [0.2, 0.25) is 0 Å². The van der Waals surface area contributed by atoms with Crippen LogP contribution < -0.4 is 10.6 Å². The standard InChI is InChI=1S/C17H16FN3OS/c1-11(16-20-14-8-4-5-9-15(14)23-16)10-19-17(22)21-13-7-3-2-6-12(13)18/h2-9,11H,10H2,1H3,(H2,19,21,22). The first-order chi connectivity index (χ1) is 11.1. The molecule has 1 unspecified atom stereocenters. The van der Waals surface area contributed by atoms with Crippen LogP contribution in [0.4, 0.5) is 14.9 Å². The number of rotatable bonds is 4. The van der Waals surface area contributed by atoms with E-state index in [9.17, 15) is 9.18 Å². The van der Waals surface area contributed by atoms with Crippen LogP contribution in [0.15, 0.2) is 48.5 Å². The molecule has 3 rings (SSSR count). The number of hydrogen-bond acceptors (Lipinski definition) is 3. The minimum Gasteiger partial charge on any atom is -0.337 e. The normalized spacial score (nSPS) is 12.1. The van der Waals surface area contributed by atoms with Gasteiger partial charge in [-0.05, 0) is 24.3 Å². The molecule has 23 heavy (non-hydrogen) atoms. The highest BCUT2D eigenvalue weighted by atomic mass is 32.1. The second-order valence-corrected chi connectivity index (χ2v) is 6.30. The molecule has 0 radical (unpaired) electrons. The van der Waals surface area contributed by atoms with Crippen molar-refractivity contribution in [2.45, 2.75) is 12.8 Å². The van der Waals surface area contributed by atoms with E-state index in [4.69, 9.17) is 0 Å². The molecule has 2 N–H and O–H groups in total. The van der Waals surface area contributed by atoms with E-state index < -0.39 is 11.8 Å². The van der Waals surface area contributed by atoms with Crippen molar-refractivity contribution in [1.82, 2.24) is 10.3 Å². The Morgan fingerprint density at radius 3 is 2.74 bits per heavy atom. The molecule has 0 saturated heterocycles. The third-order valence-electron chi connectivity index (χ3n) is 3.42. The lowest BCUT2D eigenvalue weighted by Gasteiger charge is -2.11. The van der Waals surface area contributed by atoms with Crippen LogP contribution in [0.2, 0.25) is 0 Å². The van der Waals surface area contributed by atoms with Crippen LogP contribution in [0, 0.1) is 5.82 Å². The molecule has 1 aromatic heterocycles. The molecule has 118 valence electrons. The summed E-state index contributed by atoms with van der Waals surface area (Å²) in [6.07, 6.45) is 0. The van der Waals surface area contributed by atoms with Crippen molar-refractivity contribution >= 4 is 33.3 Å². The van der Waals surface area contributed by atoms with E-state index in [-0.39, 0.29) is 11.6 Å². The maximum atomic E-state index is 13.5. The molecule has 3 aromatic rings. The molecule has 1 heterocycles. The number of carbonyl (C=O) groups excluding carboxylic acids is 1. The van der Waals surface area contributed by atoms with Crippen molar-refractivity contribution in [2.75, 3.05) is 11.9 Å². The third-order valence-corrected chi connectivity index (χ3v) is 4.69. The number of aromatic nitrogens is 1. The highest BCUT2D eigenvalue weighted by Gasteiger charge is 2.13. The van der Waals surface area contributed by atoms with Crippen molar-refractivity contribution < 1.29 is 9.18 Å². The zero-order chi connectivity index (χ0) is 16.2. The van der Waals surface area contributed by atoms with E-state index in [2.05, 4.69) is 15.6 Å². The summed E-state index contributed by atoms with van der Waals surface area (Å²) < 4.78 is 14.6. The summed E-state index contributed by atoms with van der Waals surface area (Å²) in [5, 5.41) is 6.22. The lowest BCUT2D eigenvalue weighted by atomic mass is 10.2. The number of fused-ring (bicyclic) bond motifs is 1. The monoisotopic (exact) mass is 329 g/mol. The van der Waals surface area contributed by atoms with Crippen molar-refractivity contribution in [2.24, 2.45) is 0 Å². The Morgan fingerprint density at radius 1 is 1.22 bits per heavy atom. The number of amides is 2. The van der Waals surface area contributed by atoms with Gasteiger partial charge in [0.15, 0.2) is 0 Å². The smallest absolute Gasteiger partial charge is 0.319 e. The zero-order valence-electron chi connectivity index (χ0n) is 12.5. The van der Waals surface area contributed by atoms with Gasteiger partial charge in [0.25, 0.3) is 0 Å². The summed E-state index contributed by atoms with van der Waals surface area (Å²) in [6, 6.07) is 13.6. The van der Waals surface area contributed by atoms with E-state index >= 15 is 0 Å². The molecule has 0 aliphatic carbocycles. The SMILES string of the molecule is CC(CNC(=O)Nc1ccccc1F)c1nc2ccccc2s1. The molecule has 0 fully saturated rings. The number of benzene rings is 2. The van der Waals surface area contributed by atoms with Crippen LogP contribution >= 0.6 is 11.3 Å². The van der Waals surface area contributed by atoms with Crippen molar-refractivity contribution in [3.8, 4) is 0 Å². The Balaban J connectivity index is 1.59. The van der Waals surface area contributed by atoms with Crippen LogP contribution in [0.3, 0.4) is 0 Å². The number of nitrogens with one attached hydrogen (secondary N) is 2. The Kier molecular flexibility index (Phi) is 4.52. The van der Waals surface area contributed by atoms with Crippen LogP contribution in [0.5, 0.6) is 0 Å². The van der Waals surface area contributed by atoms with Crippen molar-refractivity contribution in [3.05, 3.63) is 59.4 Å². The number of nitrogens with zero attached hydrogens (tertiary/aromatic N) is 1. The maximum absolute atomic E-state index is 13.5. The van der Waals surface area contributed by atoms with Crippen molar-refractivity contribution in [3.63, 3.8) is 0 Å². The second-order valence-electron chi connectivity index (χ2n) is 5.24. The number of anilines is 1. The summed E-state index contributed by atoms with van der Waals surface area (Å²) >= 11 is 1.62. The van der Waals surface area contributed by atoms with Gasteiger partial charge < -0.3 is 10.6 Å². The van der Waals surface area contributed by atoms with Gasteiger partial charge in [0.05, 0.1) is 20.9 Å². The largest absolute Gasteiger partial charge is 0.337 e. The molecular weight excluding hydrogens is 313 g/mol. The van der Waals surface area contributed by atoms with E-state index in [1.807, 2.05) is 31.2 Å². The summed E-state index contributed by atoms with van der Waals surface area (Å²) in [5.74, 6) is -0.374. The van der Waals surface area contributed by atoms with Crippen molar-refractivity contribution in [1.29, 1.82) is 0 Å². The molecule has 2 amide bonds. The molecule has 1 atom stereocenters. The molecule has 4 nitrogen and oxygen atoms in total. The Hall–Kier alpha value is -2.47. The Labute approximate surface area is 137 Å². The Morgan fingerprint density at radius 2 is 1.96 bits per heavy atom. The molecule has 0 aliphatic heterocycles. The highest BCUT2D eigenvalue weighted by molar-refractivity contribution is 7.18. The maximum Gasteiger partial charge on any atom is 0.319 e. The van der Waals surface area contributed by atoms with Crippen LogP contribution in [0.25, 0.3) is 10.2 Å². The van der Waals surface area contributed by atoms with E-state index in [0.29, 0.717) is 6.54 Å². The molecule has 6 heteroatoms. The van der Waals surface area contributed by atoms with Gasteiger partial charge in [0.1, 0.15) is 5.82 Å². The summed E-state index contributed by atoms with van der Waals surface area (Å²) in [4.78, 5) is 16.4. The number of urea groups is 1. The van der Waals surface area contributed by atoms with Gasteiger partial charge in [0, 0.05) is 12.5 Å². The van der Waals surface area contributed by atoms with Gasteiger partial charge in [-0.2, -0.15) is 0 Å². The van der Waals surface area contributed by atoms with E-state index in [1.54, 1.807) is 23.5 Å². The fourth-order valence-electron chi connectivity index (χ4n) is 2.16. The van der Waals surface area contributed by atoms with Gasteiger partial charge in [-0.3, -0.25) is 0 Å². The van der Waals surface area contributed by atoms with E-state index in [0.717, 1.165) is 15.2 Å². The third kappa shape index (κ3) is 3.65. The number of para-hydroxylation sites is 2. The number of halogens is 1. The van der Waals surface area contributed by atoms with Gasteiger partial charge >= 0.3 is 6.03 Å². The van der Waals surface area contributed by atoms with Gasteiger partial charge in [-0.15, -0.1) is 11.3 Å². The van der Waals surface area contributed by atoms with E-state index in [1.165, 1.54) is 12.1 Å². The minimum absolute atomic E-state index is 0.0822. The molecule has 0 bridgehead atoms. The summed E-state index contributed by atoms with van der Waals surface area (Å²) in [6.45, 7) is 2.43. The first-order valence-corrected chi connectivity index (χ1v) is 8.10. The summed E-state index contributed by atoms with van der Waals surface area (Å²) in [7, 11) is 0. The average molecular weight is 329 g/mol. The number of carbonyl (C=O) groups is 1. The van der Waals surface area contributed by atoms with Crippen LogP contribution in [-0.4, -0.2) is 17.6 Å². The summed E-state index contributed by atoms with van der Waals surface area (Å²) in [5.41, 5.74) is 1.13. The topological polar surface area (TPSA) is 54.0 Å². The Bertz CT molecular complexity index is 800. The van der Waals surface area contributed by atoms with Gasteiger partial charge in [-0.25, -0.2) is 14.2 Å². The first kappa shape index (κ1) is 15.4. The number of hydrogen-bond donors (Lipinski definition) is 2. The number of thiazole rings is 1. The predicted molar refractivity (Wildman–Crippen MR) is 91.5 cm³/mol. The minimum atomic E-state index is -0.457. The fourth-order valence-corrected chi connectivity index (χ4v) is 3.18. The average Bonchev–Trinajstić information content (AvgIpc) is 2.99. The quantitative estimate of drug-likeness (QED) is 0.747. The molecule has 0 saturated carbocycles. The van der Waals surface area contributed by atoms with Gasteiger partial charge in [-0.1, -0.05) is 31.2 Å². The predicted octanol–water partition coefficient (Wildman–Crippen LogP) is 4.36.